The number of nitrogens with zero attached hydrogens (tertiary/aromatic N) is 1. The van der Waals surface area contributed by atoms with Crippen LogP contribution < -0.4 is 0 Å². The highest BCUT2D eigenvalue weighted by Crippen LogP contribution is 2.22. The molecule has 2 aromatic rings. The zero-order valence-corrected chi connectivity index (χ0v) is 8.71. The van der Waals surface area contributed by atoms with Crippen LogP contribution >= 0.6 is 23.6 Å². The lowest BCUT2D eigenvalue weighted by Crippen LogP contribution is -1.88. The van der Waals surface area contributed by atoms with E-state index >= 15 is 0 Å². The average Bonchev–Trinajstić information content (AvgIpc) is 2.53. The summed E-state index contributed by atoms with van der Waals surface area (Å²) in [6.45, 7) is 1.98. The molecule has 0 saturated carbocycles. The molecule has 0 aliphatic carbocycles. The van der Waals surface area contributed by atoms with Crippen molar-refractivity contribution >= 4 is 23.6 Å². The van der Waals surface area contributed by atoms with Gasteiger partial charge in [0.05, 0.1) is 10.6 Å². The maximum absolute atomic E-state index is 5.00. The van der Waals surface area contributed by atoms with Crippen molar-refractivity contribution in [3.63, 3.8) is 0 Å². The normalized spacial score (nSPS) is 10.2. The Labute approximate surface area is 85.3 Å². The minimum atomic E-state index is 0.545. The van der Waals surface area contributed by atoms with Crippen LogP contribution in [0.3, 0.4) is 0 Å². The molecule has 2 aromatic heterocycles. The van der Waals surface area contributed by atoms with Gasteiger partial charge in [0.25, 0.3) is 0 Å². The first-order valence-corrected chi connectivity index (χ1v) is 5.16. The van der Waals surface area contributed by atoms with Gasteiger partial charge in [0.1, 0.15) is 0 Å². The third-order valence-electron chi connectivity index (χ3n) is 1.65. The van der Waals surface area contributed by atoms with Gasteiger partial charge in [-0.15, -0.1) is 11.3 Å². The highest BCUT2D eigenvalue weighted by atomic mass is 32.1. The Bertz CT molecular complexity index is 457. The lowest BCUT2D eigenvalue weighted by molar-refractivity contribution is 1.08. The summed E-state index contributed by atoms with van der Waals surface area (Å²) in [5.74, 6) is 0. The molecule has 2 heterocycles. The van der Waals surface area contributed by atoms with Gasteiger partial charge in [-0.25, -0.2) is 4.98 Å². The Kier molecular flexibility index (Phi) is 2.24. The molecule has 2 rings (SSSR count). The minimum Gasteiger partial charge on any atom is -0.335 e. The number of rotatable bonds is 1. The summed E-state index contributed by atoms with van der Waals surface area (Å²) in [6.07, 6.45) is 0. The Morgan fingerprint density at radius 3 is 3.00 bits per heavy atom. The number of hydrogen-bond donors (Lipinski definition) is 1. The van der Waals surface area contributed by atoms with Crippen molar-refractivity contribution in [2.45, 2.75) is 6.92 Å². The van der Waals surface area contributed by atoms with E-state index in [9.17, 15) is 0 Å². The van der Waals surface area contributed by atoms with Gasteiger partial charge in [-0.1, -0.05) is 6.07 Å². The summed E-state index contributed by atoms with van der Waals surface area (Å²) in [5.41, 5.74) is 2.00. The van der Waals surface area contributed by atoms with Crippen molar-refractivity contribution in [1.29, 1.82) is 0 Å². The third kappa shape index (κ3) is 1.84. The second-order valence-corrected chi connectivity index (χ2v) is 4.07. The molecule has 0 amide bonds. The molecule has 1 N–H and O–H groups in total. The SMILES string of the molecule is Cc1cc(-c2cccs2)nc(=S)[nH]1. The number of H-pyrrole nitrogens is 1. The van der Waals surface area contributed by atoms with Gasteiger partial charge in [-0.05, 0) is 36.7 Å². The summed E-state index contributed by atoms with van der Waals surface area (Å²) in [6, 6.07) is 6.06. The lowest BCUT2D eigenvalue weighted by atomic mass is 10.3. The average molecular weight is 208 g/mol. The highest BCUT2D eigenvalue weighted by Gasteiger charge is 2.00. The third-order valence-corrected chi connectivity index (χ3v) is 2.74. The second-order valence-electron chi connectivity index (χ2n) is 2.73. The van der Waals surface area contributed by atoms with Crippen LogP contribution in [0.1, 0.15) is 5.69 Å². The number of aryl methyl sites for hydroxylation is 1. The van der Waals surface area contributed by atoms with Crippen molar-refractivity contribution in [2.75, 3.05) is 0 Å². The first kappa shape index (κ1) is 8.59. The van der Waals surface area contributed by atoms with E-state index in [1.165, 1.54) is 0 Å². The maximum atomic E-state index is 5.00. The van der Waals surface area contributed by atoms with Crippen LogP contribution in [0.15, 0.2) is 23.6 Å². The van der Waals surface area contributed by atoms with Crippen LogP contribution in [0.25, 0.3) is 10.6 Å². The molecule has 13 heavy (non-hydrogen) atoms. The van der Waals surface area contributed by atoms with Crippen molar-refractivity contribution in [3.05, 3.63) is 34.0 Å². The van der Waals surface area contributed by atoms with Gasteiger partial charge in [0, 0.05) is 5.69 Å². The fourth-order valence-corrected chi connectivity index (χ4v) is 2.08. The summed E-state index contributed by atoms with van der Waals surface area (Å²) >= 11 is 6.67. The van der Waals surface area contributed by atoms with Crippen LogP contribution in [0.2, 0.25) is 0 Å². The molecular weight excluding hydrogens is 200 g/mol. The Hall–Kier alpha value is -1.00. The van der Waals surface area contributed by atoms with Crippen LogP contribution in [-0.2, 0) is 0 Å². The molecule has 0 fully saturated rings. The van der Waals surface area contributed by atoms with Gasteiger partial charge in [0.2, 0.25) is 0 Å². The van der Waals surface area contributed by atoms with Gasteiger partial charge in [-0.2, -0.15) is 0 Å². The zero-order valence-electron chi connectivity index (χ0n) is 7.07. The molecule has 0 atom stereocenters. The van der Waals surface area contributed by atoms with Crippen molar-refractivity contribution in [3.8, 4) is 10.6 Å². The molecule has 0 spiro atoms. The molecule has 0 saturated heterocycles. The van der Waals surface area contributed by atoms with Gasteiger partial charge >= 0.3 is 0 Å². The van der Waals surface area contributed by atoms with Crippen LogP contribution in [0.5, 0.6) is 0 Å². The Morgan fingerprint density at radius 1 is 1.54 bits per heavy atom. The van der Waals surface area contributed by atoms with E-state index in [0.717, 1.165) is 16.3 Å². The van der Waals surface area contributed by atoms with Crippen LogP contribution in [0, 0.1) is 11.7 Å². The van der Waals surface area contributed by atoms with E-state index < -0.39 is 0 Å². The van der Waals surface area contributed by atoms with Crippen molar-refractivity contribution in [1.82, 2.24) is 9.97 Å². The lowest BCUT2D eigenvalue weighted by Gasteiger charge is -1.97. The fraction of sp³-hybridized carbons (Fsp3) is 0.111. The quantitative estimate of drug-likeness (QED) is 0.729. The van der Waals surface area contributed by atoms with Crippen molar-refractivity contribution in [2.24, 2.45) is 0 Å². The van der Waals surface area contributed by atoms with Gasteiger partial charge in [-0.3, -0.25) is 0 Å². The summed E-state index contributed by atoms with van der Waals surface area (Å²) < 4.78 is 0.545. The van der Waals surface area contributed by atoms with E-state index in [4.69, 9.17) is 12.2 Å². The zero-order chi connectivity index (χ0) is 9.26. The smallest absolute Gasteiger partial charge is 0.197 e. The molecule has 0 aliphatic heterocycles. The van der Waals surface area contributed by atoms with E-state index in [0.29, 0.717) is 4.77 Å². The van der Waals surface area contributed by atoms with Gasteiger partial charge < -0.3 is 4.98 Å². The second kappa shape index (κ2) is 3.40. The monoisotopic (exact) mass is 208 g/mol. The van der Waals surface area contributed by atoms with E-state index in [2.05, 4.69) is 9.97 Å². The van der Waals surface area contributed by atoms with E-state index in [1.807, 2.05) is 30.5 Å². The maximum Gasteiger partial charge on any atom is 0.197 e. The van der Waals surface area contributed by atoms with E-state index in [1.54, 1.807) is 11.3 Å². The van der Waals surface area contributed by atoms with E-state index in [-0.39, 0.29) is 0 Å². The predicted octanol–water partition coefficient (Wildman–Crippen LogP) is 3.18. The summed E-state index contributed by atoms with van der Waals surface area (Å²) in [7, 11) is 0. The van der Waals surface area contributed by atoms with Gasteiger partial charge in [0.15, 0.2) is 4.77 Å². The number of nitrogens with one attached hydrogen (secondary N) is 1. The molecular formula is C9H8N2S2. The topological polar surface area (TPSA) is 28.7 Å². The summed E-state index contributed by atoms with van der Waals surface area (Å²) in [5, 5.41) is 2.03. The molecule has 2 nitrogen and oxygen atoms in total. The number of hydrogen-bond acceptors (Lipinski definition) is 3. The molecule has 0 aromatic carbocycles. The fourth-order valence-electron chi connectivity index (χ4n) is 1.13. The molecule has 0 unspecified atom stereocenters. The van der Waals surface area contributed by atoms with Crippen LogP contribution in [0.4, 0.5) is 0 Å². The van der Waals surface area contributed by atoms with Crippen molar-refractivity contribution < 1.29 is 0 Å². The number of aromatic nitrogens is 2. The molecule has 66 valence electrons. The molecule has 0 radical (unpaired) electrons. The minimum absolute atomic E-state index is 0.545. The largest absolute Gasteiger partial charge is 0.335 e. The standard InChI is InChI=1S/C9H8N2S2/c1-6-5-7(11-9(12)10-6)8-3-2-4-13-8/h2-5H,1H3,(H,10,11,12). The number of aromatic amines is 1. The summed E-state index contributed by atoms with van der Waals surface area (Å²) in [4.78, 5) is 8.38. The Morgan fingerprint density at radius 2 is 2.38 bits per heavy atom. The first-order valence-electron chi connectivity index (χ1n) is 3.87. The predicted molar refractivity (Wildman–Crippen MR) is 57.5 cm³/mol. The highest BCUT2D eigenvalue weighted by molar-refractivity contribution is 7.71. The molecule has 4 heteroatoms. The molecule has 0 bridgehead atoms. The Balaban J connectivity index is 2.59. The molecule has 0 aliphatic rings. The first-order chi connectivity index (χ1) is 6.25. The van der Waals surface area contributed by atoms with Crippen LogP contribution in [-0.4, -0.2) is 9.97 Å². The number of thiophene rings is 1.